The van der Waals surface area contributed by atoms with E-state index in [1.165, 1.54) is 6.92 Å². The Kier molecular flexibility index (Phi) is 8.03. The Morgan fingerprint density at radius 1 is 0.902 bits per heavy atom. The third-order valence-corrected chi connectivity index (χ3v) is 14.4. The molecule has 0 aromatic rings. The lowest BCUT2D eigenvalue weighted by Gasteiger charge is -2.73. The third-order valence-electron chi connectivity index (χ3n) is 14.4. The second-order valence-electron chi connectivity index (χ2n) is 15.6. The van der Waals surface area contributed by atoms with Gasteiger partial charge in [0.1, 0.15) is 6.61 Å². The minimum Gasteiger partial charge on any atom is -0.461 e. The number of aliphatic hydroxyl groups excluding tert-OH is 3. The highest BCUT2D eigenvalue weighted by atomic mass is 16.5. The number of carbonyl (C=O) groups excluding carboxylic acids is 2. The largest absolute Gasteiger partial charge is 0.461 e. The number of ether oxygens (including phenoxy) is 1. The van der Waals surface area contributed by atoms with E-state index in [4.69, 9.17) is 4.74 Å². The van der Waals surface area contributed by atoms with Crippen molar-refractivity contribution in [3.05, 3.63) is 12.2 Å². The van der Waals surface area contributed by atoms with E-state index in [1.54, 1.807) is 0 Å². The molecule has 4 N–H and O–H groups in total. The number of hydrogen-bond acceptors (Lipinski definition) is 6. The van der Waals surface area contributed by atoms with Crippen molar-refractivity contribution in [2.24, 2.45) is 56.7 Å². The Hall–Kier alpha value is -1.44. The van der Waals surface area contributed by atoms with Gasteiger partial charge in [-0.1, -0.05) is 34.3 Å². The first-order valence-electron chi connectivity index (χ1n) is 16.2. The molecule has 0 aromatic heterocycles. The van der Waals surface area contributed by atoms with Crippen LogP contribution >= 0.6 is 0 Å². The Bertz CT molecular complexity index is 1060. The summed E-state index contributed by atoms with van der Waals surface area (Å²) >= 11 is 0. The lowest BCUT2D eigenvalue weighted by Crippen LogP contribution is -2.68. The van der Waals surface area contributed by atoms with Crippen molar-refractivity contribution in [2.75, 3.05) is 26.4 Å². The summed E-state index contributed by atoms with van der Waals surface area (Å²) in [7, 11) is 0. The van der Waals surface area contributed by atoms with Crippen molar-refractivity contribution in [1.29, 1.82) is 0 Å². The molecule has 5 saturated carbocycles. The highest BCUT2D eigenvalue weighted by molar-refractivity contribution is 5.84. The Morgan fingerprint density at radius 2 is 1.63 bits per heavy atom. The van der Waals surface area contributed by atoms with Crippen molar-refractivity contribution in [3.8, 4) is 0 Å². The zero-order chi connectivity index (χ0) is 30.0. The summed E-state index contributed by atoms with van der Waals surface area (Å²) < 4.78 is 5.42. The van der Waals surface area contributed by atoms with E-state index < -0.39 is 16.9 Å². The number of carbonyl (C=O) groups is 2. The number of fused-ring (bicyclic) bond motifs is 7. The summed E-state index contributed by atoms with van der Waals surface area (Å²) in [5.74, 6) is 1.14. The molecular weight excluding hydrogens is 518 g/mol. The van der Waals surface area contributed by atoms with Gasteiger partial charge >= 0.3 is 5.97 Å². The van der Waals surface area contributed by atoms with Crippen LogP contribution in [0.25, 0.3) is 0 Å². The van der Waals surface area contributed by atoms with Crippen LogP contribution in [0.4, 0.5) is 0 Å². The van der Waals surface area contributed by atoms with E-state index in [0.717, 1.165) is 69.8 Å². The van der Waals surface area contributed by atoms with Gasteiger partial charge in [-0.3, -0.25) is 9.59 Å². The summed E-state index contributed by atoms with van der Waals surface area (Å²) in [6.07, 6.45) is 9.00. The average Bonchev–Trinajstić information content (AvgIpc) is 3.34. The Balaban J connectivity index is 1.52. The van der Waals surface area contributed by atoms with Gasteiger partial charge in [0.25, 0.3) is 0 Å². The molecule has 11 atom stereocenters. The first kappa shape index (κ1) is 31.0. The maximum absolute atomic E-state index is 13.9. The predicted octanol–water partition coefficient (Wildman–Crippen LogP) is 4.63. The molecule has 5 rings (SSSR count). The van der Waals surface area contributed by atoms with Crippen LogP contribution in [0.2, 0.25) is 0 Å². The maximum Gasteiger partial charge on any atom is 0.302 e. The van der Waals surface area contributed by atoms with Gasteiger partial charge in [-0.05, 0) is 116 Å². The first-order chi connectivity index (χ1) is 19.2. The molecular formula is C34H55NO6. The van der Waals surface area contributed by atoms with E-state index in [0.29, 0.717) is 11.8 Å². The quantitative estimate of drug-likeness (QED) is 0.261. The average molecular weight is 574 g/mol. The topological polar surface area (TPSA) is 116 Å². The van der Waals surface area contributed by atoms with Crippen LogP contribution in [0.5, 0.6) is 0 Å². The molecule has 0 heterocycles. The molecule has 0 bridgehead atoms. The fourth-order valence-corrected chi connectivity index (χ4v) is 12.1. The first-order valence-corrected chi connectivity index (χ1v) is 16.2. The number of esters is 1. The molecule has 0 spiro atoms. The predicted molar refractivity (Wildman–Crippen MR) is 157 cm³/mol. The number of hydrogen-bond donors (Lipinski definition) is 4. The summed E-state index contributed by atoms with van der Waals surface area (Å²) in [6, 6.07) is 0. The minimum atomic E-state index is -0.488. The van der Waals surface area contributed by atoms with Crippen molar-refractivity contribution in [2.45, 2.75) is 105 Å². The smallest absolute Gasteiger partial charge is 0.302 e. The Labute approximate surface area is 246 Å². The summed E-state index contributed by atoms with van der Waals surface area (Å²) in [4.78, 5) is 25.6. The molecule has 5 fully saturated rings. The van der Waals surface area contributed by atoms with E-state index >= 15 is 0 Å². The third kappa shape index (κ3) is 4.29. The van der Waals surface area contributed by atoms with Crippen LogP contribution in [0.1, 0.15) is 98.8 Å². The monoisotopic (exact) mass is 573 g/mol. The van der Waals surface area contributed by atoms with Crippen molar-refractivity contribution in [3.63, 3.8) is 0 Å². The number of aliphatic hydroxyl groups is 3. The molecule has 0 aliphatic heterocycles. The fourth-order valence-electron chi connectivity index (χ4n) is 12.1. The molecule has 7 heteroatoms. The molecule has 0 aromatic carbocycles. The van der Waals surface area contributed by atoms with E-state index in [2.05, 4.69) is 39.6 Å². The number of amides is 1. The lowest BCUT2D eigenvalue weighted by atomic mass is 9.32. The molecule has 41 heavy (non-hydrogen) atoms. The molecule has 7 nitrogen and oxygen atoms in total. The number of nitrogens with one attached hydrogen (secondary N) is 1. The fraction of sp³-hybridized carbons (Fsp3) is 0.882. The van der Waals surface area contributed by atoms with Gasteiger partial charge in [0.2, 0.25) is 5.91 Å². The van der Waals surface area contributed by atoms with E-state index in [-0.39, 0.29) is 72.2 Å². The van der Waals surface area contributed by atoms with Crippen LogP contribution in [0.15, 0.2) is 12.2 Å². The second-order valence-corrected chi connectivity index (χ2v) is 15.6. The van der Waals surface area contributed by atoms with Gasteiger partial charge in [-0.25, -0.2) is 0 Å². The lowest BCUT2D eigenvalue weighted by molar-refractivity contribution is -0.253. The van der Waals surface area contributed by atoms with Crippen molar-refractivity contribution < 1.29 is 29.6 Å². The molecule has 1 unspecified atom stereocenters. The highest BCUT2D eigenvalue weighted by Gasteiger charge is 2.72. The molecule has 5 aliphatic rings. The van der Waals surface area contributed by atoms with Gasteiger partial charge in [0.15, 0.2) is 0 Å². The SMILES string of the molecule is C=C(COC(C)=O)[C@@H]1CC[C@]2(C(=O)NCCO)CC[C@]3(C)C(CC[C@@H]4[C@@]5(C)CC[C@H](O)[C@@](C)(CO)[C@@H]5CC[C@]43C)[C@@H]12. The second kappa shape index (κ2) is 10.6. The van der Waals surface area contributed by atoms with Crippen LogP contribution in [0, 0.1) is 56.7 Å². The van der Waals surface area contributed by atoms with Crippen molar-refractivity contribution in [1.82, 2.24) is 5.32 Å². The summed E-state index contributed by atoms with van der Waals surface area (Å²) in [5.41, 5.74) is 0.137. The van der Waals surface area contributed by atoms with Crippen molar-refractivity contribution >= 4 is 11.9 Å². The van der Waals surface area contributed by atoms with Gasteiger partial charge in [-0.15, -0.1) is 0 Å². The molecule has 0 saturated heterocycles. The number of rotatable bonds is 7. The normalized spacial score (nSPS) is 48.7. The molecule has 1 amide bonds. The molecule has 0 radical (unpaired) electrons. The van der Waals surface area contributed by atoms with Gasteiger partial charge in [-0.2, -0.15) is 0 Å². The molecule has 232 valence electrons. The van der Waals surface area contributed by atoms with Gasteiger partial charge in [0.05, 0.1) is 24.7 Å². The Morgan fingerprint density at radius 3 is 2.29 bits per heavy atom. The zero-order valence-corrected chi connectivity index (χ0v) is 26.1. The summed E-state index contributed by atoms with van der Waals surface area (Å²) in [6.45, 7) is 15.9. The summed E-state index contributed by atoms with van der Waals surface area (Å²) in [5, 5.41) is 34.1. The van der Waals surface area contributed by atoms with Crippen LogP contribution in [-0.4, -0.2) is 59.7 Å². The zero-order valence-electron chi connectivity index (χ0n) is 26.1. The van der Waals surface area contributed by atoms with E-state index in [1.807, 2.05) is 0 Å². The highest BCUT2D eigenvalue weighted by Crippen LogP contribution is 2.77. The minimum absolute atomic E-state index is 0.0252. The van der Waals surface area contributed by atoms with Crippen LogP contribution in [-0.2, 0) is 14.3 Å². The standard InChI is InChI=1S/C34H55NO6/c1-21(19-41-22(2)38)23-9-14-34(29(40)35-17-18-36)16-15-32(5)24(28(23)34)7-8-26-30(3)12-11-27(39)31(4,20-37)25(30)10-13-33(26,32)6/h23-28,36-37,39H,1,7-20H2,2-6H3,(H,35,40)/t23-,24?,25+,26+,27-,28+,30-,31-,32+,33+,34-/m0/s1. The van der Waals surface area contributed by atoms with Gasteiger partial charge < -0.3 is 25.4 Å². The van der Waals surface area contributed by atoms with E-state index in [9.17, 15) is 24.9 Å². The van der Waals surface area contributed by atoms with Crippen LogP contribution < -0.4 is 5.32 Å². The van der Waals surface area contributed by atoms with Gasteiger partial charge in [0, 0.05) is 18.9 Å². The molecule has 5 aliphatic carbocycles. The maximum atomic E-state index is 13.9. The van der Waals surface area contributed by atoms with Crippen LogP contribution in [0.3, 0.4) is 0 Å².